The number of hydrogen-bond acceptors (Lipinski definition) is 3. The molecule has 3 N–H and O–H groups in total. The molecule has 1 aliphatic carbocycles. The van der Waals surface area contributed by atoms with E-state index in [2.05, 4.69) is 24.1 Å². The van der Waals surface area contributed by atoms with Crippen LogP contribution in [0.5, 0.6) is 0 Å². The fraction of sp³-hybridized carbons (Fsp3) is 0.500. The predicted octanol–water partition coefficient (Wildman–Crippen LogP) is 1.96. The quantitative estimate of drug-likeness (QED) is 0.799. The fourth-order valence-corrected chi connectivity index (χ4v) is 1.76. The highest BCUT2D eigenvalue weighted by Crippen LogP contribution is 2.51. The van der Waals surface area contributed by atoms with Crippen molar-refractivity contribution in [3.63, 3.8) is 0 Å². The van der Waals surface area contributed by atoms with Crippen molar-refractivity contribution in [3.8, 4) is 0 Å². The maximum Gasteiger partial charge on any atom is 0.229 e. The Labute approximate surface area is 95.3 Å². The van der Waals surface area contributed by atoms with E-state index in [1.807, 2.05) is 6.92 Å². The molecule has 86 valence electrons. The van der Waals surface area contributed by atoms with E-state index in [1.54, 1.807) is 12.3 Å². The van der Waals surface area contributed by atoms with Gasteiger partial charge in [-0.2, -0.15) is 0 Å². The molecule has 16 heavy (non-hydrogen) atoms. The van der Waals surface area contributed by atoms with Crippen molar-refractivity contribution < 1.29 is 4.79 Å². The summed E-state index contributed by atoms with van der Waals surface area (Å²) >= 11 is 0. The Hall–Kier alpha value is -1.58. The van der Waals surface area contributed by atoms with Gasteiger partial charge < -0.3 is 11.1 Å². The van der Waals surface area contributed by atoms with E-state index >= 15 is 0 Å². The predicted molar refractivity (Wildman–Crippen MR) is 63.9 cm³/mol. The number of nitrogens with two attached hydrogens (primary N) is 1. The zero-order valence-electron chi connectivity index (χ0n) is 9.87. The molecule has 0 saturated heterocycles. The number of anilines is 2. The van der Waals surface area contributed by atoms with Crippen LogP contribution in [0, 0.1) is 18.3 Å². The van der Waals surface area contributed by atoms with Crippen molar-refractivity contribution >= 4 is 17.4 Å². The van der Waals surface area contributed by atoms with Crippen LogP contribution >= 0.6 is 0 Å². The molecule has 1 fully saturated rings. The van der Waals surface area contributed by atoms with Crippen molar-refractivity contribution in [2.24, 2.45) is 11.3 Å². The van der Waals surface area contributed by atoms with E-state index < -0.39 is 0 Å². The summed E-state index contributed by atoms with van der Waals surface area (Å²) in [5.41, 5.74) is 7.38. The number of carbonyl (C=O) groups excluding carboxylic acids is 1. The monoisotopic (exact) mass is 219 g/mol. The maximum atomic E-state index is 11.8. The van der Waals surface area contributed by atoms with Crippen molar-refractivity contribution in [3.05, 3.63) is 17.8 Å². The van der Waals surface area contributed by atoms with Gasteiger partial charge in [0, 0.05) is 5.92 Å². The molecule has 0 spiro atoms. The second kappa shape index (κ2) is 3.47. The summed E-state index contributed by atoms with van der Waals surface area (Å²) < 4.78 is 0. The Kier molecular flexibility index (Phi) is 2.37. The van der Waals surface area contributed by atoms with Gasteiger partial charge in [-0.25, -0.2) is 4.98 Å². The van der Waals surface area contributed by atoms with Crippen LogP contribution in [0.4, 0.5) is 11.5 Å². The highest BCUT2D eigenvalue weighted by molar-refractivity contribution is 5.94. The third kappa shape index (κ3) is 2.01. The molecule has 1 amide bonds. The SMILES string of the molecule is Cc1cc(NC(=O)C2CC2(C)C)ncc1N. The number of nitrogen functional groups attached to an aromatic ring is 1. The number of nitrogens with one attached hydrogen (secondary N) is 1. The van der Waals surface area contributed by atoms with E-state index in [9.17, 15) is 4.79 Å². The first-order valence-corrected chi connectivity index (χ1v) is 5.43. The molecule has 4 heteroatoms. The Morgan fingerprint density at radius 1 is 1.62 bits per heavy atom. The average Bonchev–Trinajstić information content (AvgIpc) is 2.82. The third-order valence-corrected chi connectivity index (χ3v) is 3.23. The maximum absolute atomic E-state index is 11.8. The summed E-state index contributed by atoms with van der Waals surface area (Å²) in [6.07, 6.45) is 2.52. The zero-order chi connectivity index (χ0) is 11.9. The number of aromatic nitrogens is 1. The Bertz CT molecular complexity index is 440. The summed E-state index contributed by atoms with van der Waals surface area (Å²) in [4.78, 5) is 15.9. The summed E-state index contributed by atoms with van der Waals surface area (Å²) in [6.45, 7) is 6.09. The van der Waals surface area contributed by atoms with Crippen LogP contribution in [0.3, 0.4) is 0 Å². The van der Waals surface area contributed by atoms with Gasteiger partial charge in [0.05, 0.1) is 11.9 Å². The topological polar surface area (TPSA) is 68.0 Å². The van der Waals surface area contributed by atoms with Gasteiger partial charge in [-0.15, -0.1) is 0 Å². The van der Waals surface area contributed by atoms with Crippen LogP contribution in [-0.2, 0) is 4.79 Å². The number of carbonyl (C=O) groups is 1. The third-order valence-electron chi connectivity index (χ3n) is 3.23. The lowest BCUT2D eigenvalue weighted by Crippen LogP contribution is -2.17. The first-order valence-electron chi connectivity index (χ1n) is 5.43. The minimum absolute atomic E-state index is 0.0571. The molecule has 1 heterocycles. The van der Waals surface area contributed by atoms with Crippen LogP contribution in [0.15, 0.2) is 12.3 Å². The number of aryl methyl sites for hydroxylation is 1. The lowest BCUT2D eigenvalue weighted by Gasteiger charge is -2.07. The van der Waals surface area contributed by atoms with Crippen molar-refractivity contribution in [2.75, 3.05) is 11.1 Å². The van der Waals surface area contributed by atoms with Crippen LogP contribution in [-0.4, -0.2) is 10.9 Å². The fourth-order valence-electron chi connectivity index (χ4n) is 1.76. The van der Waals surface area contributed by atoms with Crippen molar-refractivity contribution in [2.45, 2.75) is 27.2 Å². The Balaban J connectivity index is 2.05. The second-order valence-corrected chi connectivity index (χ2v) is 5.16. The minimum Gasteiger partial charge on any atom is -0.397 e. The van der Waals surface area contributed by atoms with Gasteiger partial charge >= 0.3 is 0 Å². The highest BCUT2D eigenvalue weighted by Gasteiger charge is 2.50. The first kappa shape index (κ1) is 10.9. The number of hydrogen-bond donors (Lipinski definition) is 2. The van der Waals surface area contributed by atoms with Gasteiger partial charge in [0.25, 0.3) is 0 Å². The van der Waals surface area contributed by atoms with Crippen molar-refractivity contribution in [1.82, 2.24) is 4.98 Å². The average molecular weight is 219 g/mol. The molecular weight excluding hydrogens is 202 g/mol. The lowest BCUT2D eigenvalue weighted by atomic mass is 10.1. The molecule has 0 bridgehead atoms. The smallest absolute Gasteiger partial charge is 0.229 e. The van der Waals surface area contributed by atoms with E-state index in [4.69, 9.17) is 5.73 Å². The van der Waals surface area contributed by atoms with Gasteiger partial charge in [0.2, 0.25) is 5.91 Å². The molecule has 1 aromatic rings. The molecule has 1 saturated carbocycles. The minimum atomic E-state index is 0.0571. The van der Waals surface area contributed by atoms with Crippen LogP contribution in [0.1, 0.15) is 25.8 Å². The molecular formula is C12H17N3O. The van der Waals surface area contributed by atoms with E-state index in [0.717, 1.165) is 12.0 Å². The summed E-state index contributed by atoms with van der Waals surface area (Å²) in [5.74, 6) is 0.758. The standard InChI is InChI=1S/C12H17N3O/c1-7-4-10(14-6-9(7)13)15-11(16)8-5-12(8,2)3/h4,6,8H,5,13H2,1-3H3,(H,14,15,16). The van der Waals surface area contributed by atoms with Crippen LogP contribution < -0.4 is 11.1 Å². The van der Waals surface area contributed by atoms with Gasteiger partial charge in [-0.3, -0.25) is 4.79 Å². The molecule has 1 aliphatic rings. The number of pyridine rings is 1. The van der Waals surface area contributed by atoms with E-state index in [0.29, 0.717) is 11.5 Å². The van der Waals surface area contributed by atoms with Crippen LogP contribution in [0.2, 0.25) is 0 Å². The Morgan fingerprint density at radius 2 is 2.25 bits per heavy atom. The molecule has 2 rings (SSSR count). The van der Waals surface area contributed by atoms with Gasteiger partial charge in [-0.05, 0) is 30.4 Å². The summed E-state index contributed by atoms with van der Waals surface area (Å²) in [6, 6.07) is 1.79. The molecule has 0 aromatic carbocycles. The second-order valence-electron chi connectivity index (χ2n) is 5.16. The number of nitrogens with zero attached hydrogens (tertiary/aromatic N) is 1. The molecule has 0 aliphatic heterocycles. The summed E-state index contributed by atoms with van der Waals surface area (Å²) in [7, 11) is 0. The number of rotatable bonds is 2. The molecule has 0 radical (unpaired) electrons. The van der Waals surface area contributed by atoms with Crippen LogP contribution in [0.25, 0.3) is 0 Å². The number of amides is 1. The highest BCUT2D eigenvalue weighted by atomic mass is 16.2. The lowest BCUT2D eigenvalue weighted by molar-refractivity contribution is -0.118. The van der Waals surface area contributed by atoms with Gasteiger partial charge in [0.15, 0.2) is 0 Å². The van der Waals surface area contributed by atoms with Crippen molar-refractivity contribution in [1.29, 1.82) is 0 Å². The normalized spacial score (nSPS) is 21.6. The zero-order valence-corrected chi connectivity index (χ0v) is 9.87. The van der Waals surface area contributed by atoms with E-state index in [-0.39, 0.29) is 17.2 Å². The Morgan fingerprint density at radius 3 is 2.75 bits per heavy atom. The van der Waals surface area contributed by atoms with E-state index in [1.165, 1.54) is 0 Å². The molecule has 1 aromatic heterocycles. The molecule has 4 nitrogen and oxygen atoms in total. The molecule has 1 atom stereocenters. The largest absolute Gasteiger partial charge is 0.397 e. The first-order chi connectivity index (χ1) is 7.40. The van der Waals surface area contributed by atoms with Gasteiger partial charge in [0.1, 0.15) is 5.82 Å². The molecule has 1 unspecified atom stereocenters. The van der Waals surface area contributed by atoms with Gasteiger partial charge in [-0.1, -0.05) is 13.8 Å². The summed E-state index contributed by atoms with van der Waals surface area (Å²) in [5, 5.41) is 2.82.